The molecule has 100 valence electrons. The summed E-state index contributed by atoms with van der Waals surface area (Å²) in [6, 6.07) is 10.7. The molecule has 0 aliphatic rings. The van der Waals surface area contributed by atoms with Crippen molar-refractivity contribution in [2.45, 2.75) is 19.9 Å². The average Bonchev–Trinajstić information content (AvgIpc) is 2.38. The molecule has 0 aromatic heterocycles. The van der Waals surface area contributed by atoms with E-state index in [-0.39, 0.29) is 11.9 Å². The molecule has 0 saturated heterocycles. The lowest BCUT2D eigenvalue weighted by atomic mass is 9.94. The molecular formula is C16H17ClFN. The lowest BCUT2D eigenvalue weighted by molar-refractivity contribution is 0.615. The minimum atomic E-state index is -0.223. The van der Waals surface area contributed by atoms with E-state index in [0.29, 0.717) is 0 Å². The van der Waals surface area contributed by atoms with Crippen molar-refractivity contribution in [3.8, 4) is 0 Å². The minimum absolute atomic E-state index is 0.0613. The highest BCUT2D eigenvalue weighted by atomic mass is 35.5. The second-order valence-corrected chi connectivity index (χ2v) is 5.14. The maximum absolute atomic E-state index is 13.4. The molecule has 0 amide bonds. The van der Waals surface area contributed by atoms with Crippen molar-refractivity contribution >= 4 is 11.6 Å². The van der Waals surface area contributed by atoms with Crippen LogP contribution in [0.3, 0.4) is 0 Å². The lowest BCUT2D eigenvalue weighted by Crippen LogP contribution is -2.19. The summed E-state index contributed by atoms with van der Waals surface area (Å²) in [5.74, 6) is -0.223. The van der Waals surface area contributed by atoms with Crippen LogP contribution in [0.4, 0.5) is 4.39 Å². The highest BCUT2D eigenvalue weighted by molar-refractivity contribution is 6.31. The zero-order valence-electron chi connectivity index (χ0n) is 11.3. The minimum Gasteiger partial charge on any atom is -0.309 e. The number of hydrogen-bond acceptors (Lipinski definition) is 1. The van der Waals surface area contributed by atoms with Gasteiger partial charge in [-0.15, -0.1) is 0 Å². The Morgan fingerprint density at radius 1 is 1.05 bits per heavy atom. The molecule has 0 aliphatic heterocycles. The maximum Gasteiger partial charge on any atom is 0.123 e. The summed E-state index contributed by atoms with van der Waals surface area (Å²) in [5.41, 5.74) is 4.06. The third-order valence-electron chi connectivity index (χ3n) is 3.37. The summed E-state index contributed by atoms with van der Waals surface area (Å²) >= 11 is 6.17. The molecule has 19 heavy (non-hydrogen) atoms. The normalized spacial score (nSPS) is 12.5. The van der Waals surface area contributed by atoms with Crippen molar-refractivity contribution in [2.75, 3.05) is 7.05 Å². The standard InChI is InChI=1S/C16H17ClFN/c1-10-5-7-13(18)9-14(10)16(19-3)12-6-4-11(2)15(17)8-12/h4-9,16,19H,1-3H3. The Labute approximate surface area is 118 Å². The summed E-state index contributed by atoms with van der Waals surface area (Å²) in [4.78, 5) is 0. The predicted octanol–water partition coefficient (Wildman–Crippen LogP) is 4.40. The third-order valence-corrected chi connectivity index (χ3v) is 3.78. The Hall–Kier alpha value is -1.38. The molecule has 1 unspecified atom stereocenters. The van der Waals surface area contributed by atoms with Gasteiger partial charge in [0.25, 0.3) is 0 Å². The molecule has 2 aromatic rings. The van der Waals surface area contributed by atoms with Gasteiger partial charge in [0.2, 0.25) is 0 Å². The maximum atomic E-state index is 13.4. The van der Waals surface area contributed by atoms with Crippen LogP contribution in [0.15, 0.2) is 36.4 Å². The Morgan fingerprint density at radius 2 is 1.74 bits per heavy atom. The van der Waals surface area contributed by atoms with E-state index in [4.69, 9.17) is 11.6 Å². The zero-order valence-corrected chi connectivity index (χ0v) is 12.1. The van der Waals surface area contributed by atoms with Gasteiger partial charge in [0.1, 0.15) is 5.82 Å². The summed E-state index contributed by atoms with van der Waals surface area (Å²) in [5, 5.41) is 3.95. The Bertz CT molecular complexity index is 595. The monoisotopic (exact) mass is 277 g/mol. The van der Waals surface area contributed by atoms with E-state index in [9.17, 15) is 4.39 Å². The number of rotatable bonds is 3. The van der Waals surface area contributed by atoms with Gasteiger partial charge in [0.15, 0.2) is 0 Å². The van der Waals surface area contributed by atoms with Gasteiger partial charge in [-0.2, -0.15) is 0 Å². The average molecular weight is 278 g/mol. The number of aryl methyl sites for hydroxylation is 2. The quantitative estimate of drug-likeness (QED) is 0.876. The van der Waals surface area contributed by atoms with E-state index < -0.39 is 0 Å². The Morgan fingerprint density at radius 3 is 2.37 bits per heavy atom. The summed E-state index contributed by atoms with van der Waals surface area (Å²) in [6.07, 6.45) is 0. The van der Waals surface area contributed by atoms with Crippen molar-refractivity contribution in [2.24, 2.45) is 0 Å². The van der Waals surface area contributed by atoms with Crippen molar-refractivity contribution in [1.82, 2.24) is 5.32 Å². The first-order valence-corrected chi connectivity index (χ1v) is 6.60. The summed E-state index contributed by atoms with van der Waals surface area (Å²) in [7, 11) is 1.86. The van der Waals surface area contributed by atoms with Crippen LogP contribution in [-0.4, -0.2) is 7.05 Å². The molecule has 1 nitrogen and oxygen atoms in total. The lowest BCUT2D eigenvalue weighted by Gasteiger charge is -2.20. The number of nitrogens with one attached hydrogen (secondary N) is 1. The second-order valence-electron chi connectivity index (χ2n) is 4.73. The summed E-state index contributed by atoms with van der Waals surface area (Å²) < 4.78 is 13.4. The first kappa shape index (κ1) is 14.0. The number of halogens is 2. The highest BCUT2D eigenvalue weighted by Gasteiger charge is 2.15. The smallest absolute Gasteiger partial charge is 0.123 e. The topological polar surface area (TPSA) is 12.0 Å². The molecule has 3 heteroatoms. The van der Waals surface area contributed by atoms with Gasteiger partial charge in [-0.05, 0) is 61.3 Å². The van der Waals surface area contributed by atoms with Crippen LogP contribution < -0.4 is 5.32 Å². The van der Waals surface area contributed by atoms with E-state index in [1.807, 2.05) is 39.1 Å². The Balaban J connectivity index is 2.49. The molecule has 0 aliphatic carbocycles. The van der Waals surface area contributed by atoms with Gasteiger partial charge >= 0.3 is 0 Å². The fourth-order valence-corrected chi connectivity index (χ4v) is 2.40. The van der Waals surface area contributed by atoms with E-state index >= 15 is 0 Å². The van der Waals surface area contributed by atoms with Gasteiger partial charge in [-0.3, -0.25) is 0 Å². The molecule has 2 aromatic carbocycles. The molecular weight excluding hydrogens is 261 g/mol. The van der Waals surface area contributed by atoms with Crippen LogP contribution in [0, 0.1) is 19.7 Å². The van der Waals surface area contributed by atoms with E-state index in [1.54, 1.807) is 12.1 Å². The van der Waals surface area contributed by atoms with Crippen LogP contribution in [0.5, 0.6) is 0 Å². The van der Waals surface area contributed by atoms with Crippen molar-refractivity contribution in [3.05, 3.63) is 69.5 Å². The molecule has 0 spiro atoms. The first-order chi connectivity index (χ1) is 9.02. The first-order valence-electron chi connectivity index (χ1n) is 6.22. The molecule has 1 N–H and O–H groups in total. The SMILES string of the molecule is CNC(c1ccc(C)c(Cl)c1)c1cc(F)ccc1C. The third kappa shape index (κ3) is 2.96. The molecule has 0 heterocycles. The molecule has 0 radical (unpaired) electrons. The van der Waals surface area contributed by atoms with Crippen molar-refractivity contribution in [3.63, 3.8) is 0 Å². The van der Waals surface area contributed by atoms with Crippen molar-refractivity contribution in [1.29, 1.82) is 0 Å². The van der Waals surface area contributed by atoms with Crippen LogP contribution >= 0.6 is 11.6 Å². The molecule has 0 bridgehead atoms. The van der Waals surface area contributed by atoms with E-state index in [1.165, 1.54) is 6.07 Å². The van der Waals surface area contributed by atoms with Crippen LogP contribution in [0.2, 0.25) is 5.02 Å². The van der Waals surface area contributed by atoms with Gasteiger partial charge in [0.05, 0.1) is 6.04 Å². The van der Waals surface area contributed by atoms with Gasteiger partial charge in [-0.1, -0.05) is 29.8 Å². The predicted molar refractivity (Wildman–Crippen MR) is 78.2 cm³/mol. The molecule has 0 saturated carbocycles. The van der Waals surface area contributed by atoms with Gasteiger partial charge in [0, 0.05) is 5.02 Å². The molecule has 0 fully saturated rings. The number of benzene rings is 2. The fourth-order valence-electron chi connectivity index (χ4n) is 2.21. The second kappa shape index (κ2) is 5.72. The molecule has 2 rings (SSSR count). The zero-order chi connectivity index (χ0) is 14.0. The van der Waals surface area contributed by atoms with Gasteiger partial charge < -0.3 is 5.32 Å². The van der Waals surface area contributed by atoms with Crippen LogP contribution in [0.1, 0.15) is 28.3 Å². The molecule has 1 atom stereocenters. The Kier molecular flexibility index (Phi) is 4.23. The highest BCUT2D eigenvalue weighted by Crippen LogP contribution is 2.28. The fraction of sp³-hybridized carbons (Fsp3) is 0.250. The largest absolute Gasteiger partial charge is 0.309 e. The summed E-state index contributed by atoms with van der Waals surface area (Å²) in [6.45, 7) is 3.95. The van der Waals surface area contributed by atoms with E-state index in [0.717, 1.165) is 27.3 Å². The van der Waals surface area contributed by atoms with Gasteiger partial charge in [-0.25, -0.2) is 4.39 Å². The number of hydrogen-bond donors (Lipinski definition) is 1. The van der Waals surface area contributed by atoms with Crippen LogP contribution in [-0.2, 0) is 0 Å². The van der Waals surface area contributed by atoms with Crippen LogP contribution in [0.25, 0.3) is 0 Å². The van der Waals surface area contributed by atoms with Crippen molar-refractivity contribution < 1.29 is 4.39 Å². The van der Waals surface area contributed by atoms with E-state index in [2.05, 4.69) is 5.32 Å².